The molecule has 0 fully saturated rings. The van der Waals surface area contributed by atoms with Crippen molar-refractivity contribution in [2.75, 3.05) is 11.6 Å². The van der Waals surface area contributed by atoms with Gasteiger partial charge < -0.3 is 10.1 Å². The summed E-state index contributed by atoms with van der Waals surface area (Å²) in [5.41, 5.74) is 3.26. The number of nitrogens with one attached hydrogen (secondary N) is 1. The normalized spacial score (nSPS) is 14.6. The van der Waals surface area contributed by atoms with Gasteiger partial charge in [-0.2, -0.15) is 0 Å². The van der Waals surface area contributed by atoms with Crippen LogP contribution in [-0.2, 0) is 27.8 Å². The molecule has 1 aliphatic rings. The lowest BCUT2D eigenvalue weighted by Crippen LogP contribution is -2.21. The van der Waals surface area contributed by atoms with E-state index in [1.807, 2.05) is 55.5 Å². The summed E-state index contributed by atoms with van der Waals surface area (Å²) in [6.07, 6.45) is 2.21. The standard InChI is InChI=1S/C19H19NO3S/c1-13-17(11-15-7-3-4-9-18(15)23-13)19(21)20-16-8-5-6-14(10-16)12-24(2)22/h3-10H,11-12H2,1-2H3,(H,20,21). The number of rotatable bonds is 4. The van der Waals surface area contributed by atoms with Gasteiger partial charge in [-0.1, -0.05) is 30.3 Å². The Morgan fingerprint density at radius 3 is 2.79 bits per heavy atom. The molecule has 1 N–H and O–H groups in total. The number of amides is 1. The van der Waals surface area contributed by atoms with Crippen LogP contribution in [0.25, 0.3) is 0 Å². The fourth-order valence-electron chi connectivity index (χ4n) is 2.71. The molecule has 0 saturated heterocycles. The highest BCUT2D eigenvalue weighted by Gasteiger charge is 2.22. The minimum atomic E-state index is -0.914. The first-order valence-corrected chi connectivity index (χ1v) is 9.41. The first-order chi connectivity index (χ1) is 11.5. The van der Waals surface area contributed by atoms with E-state index in [1.165, 1.54) is 0 Å². The maximum absolute atomic E-state index is 12.6. The van der Waals surface area contributed by atoms with Crippen molar-refractivity contribution in [1.29, 1.82) is 0 Å². The van der Waals surface area contributed by atoms with Gasteiger partial charge in [0.2, 0.25) is 0 Å². The molecule has 0 bridgehead atoms. The van der Waals surface area contributed by atoms with Crippen LogP contribution in [0.4, 0.5) is 5.69 Å². The topological polar surface area (TPSA) is 55.4 Å². The molecule has 0 saturated carbocycles. The third-order valence-electron chi connectivity index (χ3n) is 3.86. The zero-order valence-electron chi connectivity index (χ0n) is 13.7. The van der Waals surface area contributed by atoms with Crippen molar-refractivity contribution < 1.29 is 13.7 Å². The second-order valence-corrected chi connectivity index (χ2v) is 7.23. The molecular weight excluding hydrogens is 322 g/mol. The summed E-state index contributed by atoms with van der Waals surface area (Å²) in [6, 6.07) is 15.2. The van der Waals surface area contributed by atoms with Crippen molar-refractivity contribution in [1.82, 2.24) is 0 Å². The fourth-order valence-corrected chi connectivity index (χ4v) is 3.36. The van der Waals surface area contributed by atoms with Crippen LogP contribution < -0.4 is 10.1 Å². The Morgan fingerprint density at radius 2 is 2.00 bits per heavy atom. The predicted molar refractivity (Wildman–Crippen MR) is 96.3 cm³/mol. The second-order valence-electron chi connectivity index (χ2n) is 5.79. The van der Waals surface area contributed by atoms with E-state index in [-0.39, 0.29) is 5.91 Å². The number of carbonyl (C=O) groups excluding carboxylic acids is 1. The maximum atomic E-state index is 12.6. The van der Waals surface area contributed by atoms with E-state index < -0.39 is 10.8 Å². The molecule has 5 heteroatoms. The zero-order chi connectivity index (χ0) is 17.1. The van der Waals surface area contributed by atoms with Crippen molar-refractivity contribution >= 4 is 22.4 Å². The average molecular weight is 341 g/mol. The quantitative estimate of drug-likeness (QED) is 0.927. The van der Waals surface area contributed by atoms with Gasteiger partial charge in [0.25, 0.3) is 5.91 Å². The Morgan fingerprint density at radius 1 is 1.21 bits per heavy atom. The number of benzene rings is 2. The number of ether oxygens (including phenoxy) is 1. The van der Waals surface area contributed by atoms with Crippen molar-refractivity contribution in [2.45, 2.75) is 19.1 Å². The smallest absolute Gasteiger partial charge is 0.255 e. The molecule has 1 heterocycles. The molecule has 1 atom stereocenters. The predicted octanol–water partition coefficient (Wildman–Crippen LogP) is 3.41. The first kappa shape index (κ1) is 16.5. The van der Waals surface area contributed by atoms with Gasteiger partial charge in [-0.05, 0) is 36.2 Å². The molecule has 0 aromatic heterocycles. The van der Waals surface area contributed by atoms with Gasteiger partial charge in [-0.3, -0.25) is 9.00 Å². The summed E-state index contributed by atoms with van der Waals surface area (Å²) >= 11 is 0. The van der Waals surface area contributed by atoms with Crippen LogP contribution in [0.15, 0.2) is 59.9 Å². The van der Waals surface area contributed by atoms with Crippen molar-refractivity contribution in [3.05, 3.63) is 71.0 Å². The lowest BCUT2D eigenvalue weighted by molar-refractivity contribution is -0.113. The van der Waals surface area contributed by atoms with Crippen LogP contribution in [0, 0.1) is 0 Å². The highest BCUT2D eigenvalue weighted by Crippen LogP contribution is 2.30. The Labute approximate surface area is 144 Å². The summed E-state index contributed by atoms with van der Waals surface area (Å²) < 4.78 is 17.1. The lowest BCUT2D eigenvalue weighted by Gasteiger charge is -2.21. The van der Waals surface area contributed by atoms with Crippen molar-refractivity contribution in [3.63, 3.8) is 0 Å². The number of carbonyl (C=O) groups is 1. The van der Waals surface area contributed by atoms with Gasteiger partial charge >= 0.3 is 0 Å². The molecule has 0 radical (unpaired) electrons. The van der Waals surface area contributed by atoms with E-state index in [0.29, 0.717) is 29.2 Å². The van der Waals surface area contributed by atoms with Crippen LogP contribution in [0.5, 0.6) is 5.75 Å². The highest BCUT2D eigenvalue weighted by molar-refractivity contribution is 7.83. The number of para-hydroxylation sites is 1. The van der Waals surface area contributed by atoms with E-state index >= 15 is 0 Å². The monoisotopic (exact) mass is 341 g/mol. The van der Waals surface area contributed by atoms with Crippen LogP contribution in [-0.4, -0.2) is 16.4 Å². The van der Waals surface area contributed by atoms with E-state index in [9.17, 15) is 9.00 Å². The summed E-state index contributed by atoms with van der Waals surface area (Å²) in [5, 5.41) is 2.91. The molecule has 2 aromatic rings. The van der Waals surface area contributed by atoms with Crippen LogP contribution in [0.3, 0.4) is 0 Å². The molecule has 0 aliphatic carbocycles. The third-order valence-corrected chi connectivity index (χ3v) is 4.60. The van der Waals surface area contributed by atoms with Gasteiger partial charge in [-0.25, -0.2) is 0 Å². The van der Waals surface area contributed by atoms with E-state index in [4.69, 9.17) is 4.74 Å². The first-order valence-electron chi connectivity index (χ1n) is 7.69. The van der Waals surface area contributed by atoms with E-state index in [0.717, 1.165) is 16.9 Å². The molecule has 1 amide bonds. The van der Waals surface area contributed by atoms with Crippen LogP contribution in [0.2, 0.25) is 0 Å². The molecule has 2 aromatic carbocycles. The summed E-state index contributed by atoms with van der Waals surface area (Å²) in [6.45, 7) is 1.81. The number of allylic oxidation sites excluding steroid dienone is 1. The minimum absolute atomic E-state index is 0.170. The molecule has 0 spiro atoms. The minimum Gasteiger partial charge on any atom is -0.461 e. The summed E-state index contributed by atoms with van der Waals surface area (Å²) in [7, 11) is -0.914. The number of hydrogen-bond acceptors (Lipinski definition) is 3. The Kier molecular flexibility index (Phi) is 4.81. The van der Waals surface area contributed by atoms with E-state index in [1.54, 1.807) is 6.26 Å². The number of hydrogen-bond donors (Lipinski definition) is 1. The van der Waals surface area contributed by atoms with Gasteiger partial charge in [0, 0.05) is 34.9 Å². The van der Waals surface area contributed by atoms with Gasteiger partial charge in [0.15, 0.2) is 0 Å². The Bertz CT molecular complexity index is 842. The average Bonchev–Trinajstić information content (AvgIpc) is 2.53. The SMILES string of the molecule is CC1=C(C(=O)Nc2cccc(CS(C)=O)c2)Cc2ccccc2O1. The maximum Gasteiger partial charge on any atom is 0.255 e. The Hall–Kier alpha value is -2.40. The van der Waals surface area contributed by atoms with Gasteiger partial charge in [0.1, 0.15) is 11.5 Å². The molecular formula is C19H19NO3S. The molecule has 124 valence electrons. The van der Waals surface area contributed by atoms with Crippen molar-refractivity contribution in [3.8, 4) is 5.75 Å². The summed E-state index contributed by atoms with van der Waals surface area (Å²) in [4.78, 5) is 12.6. The van der Waals surface area contributed by atoms with E-state index in [2.05, 4.69) is 5.32 Å². The summed E-state index contributed by atoms with van der Waals surface area (Å²) in [5.74, 6) is 1.73. The van der Waals surface area contributed by atoms with Gasteiger partial charge in [0.05, 0.1) is 5.57 Å². The molecule has 1 unspecified atom stereocenters. The van der Waals surface area contributed by atoms with Gasteiger partial charge in [-0.15, -0.1) is 0 Å². The molecule has 4 nitrogen and oxygen atoms in total. The van der Waals surface area contributed by atoms with Crippen LogP contribution >= 0.6 is 0 Å². The lowest BCUT2D eigenvalue weighted by atomic mass is 10.00. The molecule has 24 heavy (non-hydrogen) atoms. The third kappa shape index (κ3) is 3.74. The zero-order valence-corrected chi connectivity index (χ0v) is 14.5. The molecule has 1 aliphatic heterocycles. The fraction of sp³-hybridized carbons (Fsp3) is 0.211. The second kappa shape index (κ2) is 7.01. The van der Waals surface area contributed by atoms with Crippen molar-refractivity contribution in [2.24, 2.45) is 0 Å². The highest BCUT2D eigenvalue weighted by atomic mass is 32.2. The molecule has 3 rings (SSSR count). The Balaban J connectivity index is 1.77. The van der Waals surface area contributed by atoms with Crippen LogP contribution in [0.1, 0.15) is 18.1 Å². The largest absolute Gasteiger partial charge is 0.461 e. The number of anilines is 1. The number of fused-ring (bicyclic) bond motifs is 1.